The van der Waals surface area contributed by atoms with Crippen LogP contribution >= 0.6 is 0 Å². The maximum Gasteiger partial charge on any atom is 0.338 e. The van der Waals surface area contributed by atoms with Gasteiger partial charge in [0.25, 0.3) is 0 Å². The molecule has 1 aliphatic heterocycles. The summed E-state index contributed by atoms with van der Waals surface area (Å²) in [6.07, 6.45) is 0. The number of benzene rings is 2. The third kappa shape index (κ3) is 4.08. The van der Waals surface area contributed by atoms with E-state index in [2.05, 4.69) is 4.74 Å². The van der Waals surface area contributed by atoms with Crippen molar-refractivity contribution in [3.63, 3.8) is 0 Å². The number of carbonyl (C=O) groups excluding carboxylic acids is 1. The molecule has 0 N–H and O–H groups in total. The Balaban J connectivity index is 1.93. The van der Waals surface area contributed by atoms with E-state index >= 15 is 0 Å². The summed E-state index contributed by atoms with van der Waals surface area (Å²) in [6.45, 7) is 1.41. The van der Waals surface area contributed by atoms with Gasteiger partial charge in [-0.25, -0.2) is 9.18 Å². The van der Waals surface area contributed by atoms with Gasteiger partial charge in [-0.15, -0.1) is 0 Å². The number of esters is 1. The highest BCUT2D eigenvalue weighted by Gasteiger charge is 2.34. The van der Waals surface area contributed by atoms with E-state index in [1.807, 2.05) is 4.90 Å². The molecule has 3 rings (SSSR count). The average Bonchev–Trinajstić information content (AvgIpc) is 2.72. The van der Waals surface area contributed by atoms with Gasteiger partial charge in [0.05, 0.1) is 22.5 Å². The van der Waals surface area contributed by atoms with Crippen LogP contribution in [0.2, 0.25) is 0 Å². The predicted octanol–water partition coefficient (Wildman–Crippen LogP) is 2.76. The van der Waals surface area contributed by atoms with Crippen molar-refractivity contribution in [1.82, 2.24) is 0 Å². The van der Waals surface area contributed by atoms with Crippen LogP contribution in [0.1, 0.15) is 10.4 Å². The number of nitro groups is 2. The first-order chi connectivity index (χ1) is 13.8. The van der Waals surface area contributed by atoms with Crippen molar-refractivity contribution in [2.75, 3.05) is 43.1 Å². The van der Waals surface area contributed by atoms with Gasteiger partial charge in [0.2, 0.25) is 0 Å². The van der Waals surface area contributed by atoms with Crippen LogP contribution in [0.5, 0.6) is 0 Å². The van der Waals surface area contributed by atoms with E-state index in [0.29, 0.717) is 13.1 Å². The summed E-state index contributed by atoms with van der Waals surface area (Å²) >= 11 is 0. The Hall–Kier alpha value is -3.76. The molecular formula is C18H17FN4O6. The molecule has 2 aromatic rings. The zero-order valence-corrected chi connectivity index (χ0v) is 15.4. The molecule has 2 aromatic carbocycles. The zero-order chi connectivity index (χ0) is 21.1. The lowest BCUT2D eigenvalue weighted by molar-refractivity contribution is -0.392. The van der Waals surface area contributed by atoms with Gasteiger partial charge in [-0.05, 0) is 24.3 Å². The monoisotopic (exact) mass is 404 g/mol. The van der Waals surface area contributed by atoms with Gasteiger partial charge in [0.1, 0.15) is 5.82 Å². The summed E-state index contributed by atoms with van der Waals surface area (Å²) in [5.74, 6) is -1.26. The van der Waals surface area contributed by atoms with Gasteiger partial charge in [-0.1, -0.05) is 0 Å². The predicted molar refractivity (Wildman–Crippen MR) is 102 cm³/mol. The smallest absolute Gasteiger partial charge is 0.338 e. The summed E-state index contributed by atoms with van der Waals surface area (Å²) in [7, 11) is 1.09. The van der Waals surface area contributed by atoms with Crippen LogP contribution in [0, 0.1) is 26.0 Å². The van der Waals surface area contributed by atoms with Crippen molar-refractivity contribution < 1.29 is 23.8 Å². The summed E-state index contributed by atoms with van der Waals surface area (Å²) in [6, 6.07) is 7.90. The molecule has 0 aliphatic carbocycles. The number of ether oxygens (including phenoxy) is 1. The largest absolute Gasteiger partial charge is 0.465 e. The van der Waals surface area contributed by atoms with Gasteiger partial charge in [-0.3, -0.25) is 20.2 Å². The Morgan fingerprint density at radius 3 is 1.90 bits per heavy atom. The van der Waals surface area contributed by atoms with Gasteiger partial charge in [-0.2, -0.15) is 0 Å². The highest BCUT2D eigenvalue weighted by Crippen LogP contribution is 2.39. The first kappa shape index (κ1) is 20.0. The fourth-order valence-corrected chi connectivity index (χ4v) is 3.28. The highest BCUT2D eigenvalue weighted by atomic mass is 19.1. The summed E-state index contributed by atoms with van der Waals surface area (Å²) in [5, 5.41) is 23.2. The molecule has 10 nitrogen and oxygen atoms in total. The molecule has 0 amide bonds. The summed E-state index contributed by atoms with van der Waals surface area (Å²) in [4.78, 5) is 36.9. The van der Waals surface area contributed by atoms with Gasteiger partial charge in [0.15, 0.2) is 5.69 Å². The van der Waals surface area contributed by atoms with Crippen LogP contribution in [0.25, 0.3) is 0 Å². The molecular weight excluding hydrogens is 387 g/mol. The second-order valence-corrected chi connectivity index (χ2v) is 6.32. The number of methoxy groups -OCH3 is 1. The van der Waals surface area contributed by atoms with Crippen molar-refractivity contribution in [3.8, 4) is 0 Å². The second-order valence-electron chi connectivity index (χ2n) is 6.32. The first-order valence-electron chi connectivity index (χ1n) is 8.62. The third-order valence-electron chi connectivity index (χ3n) is 4.67. The zero-order valence-electron chi connectivity index (χ0n) is 15.4. The minimum atomic E-state index is -0.899. The van der Waals surface area contributed by atoms with Crippen molar-refractivity contribution in [1.29, 1.82) is 0 Å². The van der Waals surface area contributed by atoms with Gasteiger partial charge >= 0.3 is 17.3 Å². The van der Waals surface area contributed by atoms with E-state index in [-0.39, 0.29) is 30.2 Å². The number of piperazine rings is 1. The molecule has 0 unspecified atom stereocenters. The Morgan fingerprint density at radius 1 is 0.966 bits per heavy atom. The van der Waals surface area contributed by atoms with E-state index < -0.39 is 27.2 Å². The van der Waals surface area contributed by atoms with Crippen LogP contribution < -0.4 is 9.80 Å². The molecule has 1 heterocycles. The molecule has 1 aliphatic rings. The number of nitrogens with zero attached hydrogens (tertiary/aromatic N) is 4. The van der Waals surface area contributed by atoms with Crippen LogP contribution in [-0.4, -0.2) is 49.1 Å². The topological polar surface area (TPSA) is 119 Å². The van der Waals surface area contributed by atoms with Crippen molar-refractivity contribution in [3.05, 3.63) is 68.0 Å². The Labute approximate surface area is 164 Å². The Bertz CT molecular complexity index is 922. The SMILES string of the molecule is COC(=O)c1cc([N+](=O)[O-])c(N2CCN(c3ccc(F)cc3)CC2)c([N+](=O)[O-])c1. The fourth-order valence-electron chi connectivity index (χ4n) is 3.28. The number of hydrogen-bond acceptors (Lipinski definition) is 8. The minimum absolute atomic E-state index is 0.147. The molecule has 0 bridgehead atoms. The number of anilines is 2. The van der Waals surface area contributed by atoms with Crippen LogP contribution in [0.15, 0.2) is 36.4 Å². The molecule has 0 saturated carbocycles. The molecule has 1 saturated heterocycles. The normalized spacial score (nSPS) is 13.9. The number of nitro benzene ring substituents is 2. The number of carbonyl (C=O) groups is 1. The number of halogens is 1. The van der Waals surface area contributed by atoms with Gasteiger partial charge < -0.3 is 14.5 Å². The minimum Gasteiger partial charge on any atom is -0.465 e. The van der Waals surface area contributed by atoms with Crippen LogP contribution in [0.4, 0.5) is 27.1 Å². The van der Waals surface area contributed by atoms with E-state index in [0.717, 1.165) is 24.9 Å². The van der Waals surface area contributed by atoms with E-state index in [9.17, 15) is 29.4 Å². The average molecular weight is 404 g/mol. The van der Waals surface area contributed by atoms with Crippen molar-refractivity contribution in [2.45, 2.75) is 0 Å². The maximum atomic E-state index is 13.1. The van der Waals surface area contributed by atoms with Crippen molar-refractivity contribution in [2.24, 2.45) is 0 Å². The first-order valence-corrected chi connectivity index (χ1v) is 8.62. The summed E-state index contributed by atoms with van der Waals surface area (Å²) in [5.41, 5.74) is -0.688. The lowest BCUT2D eigenvalue weighted by Gasteiger charge is -2.36. The number of hydrogen-bond donors (Lipinski definition) is 0. The number of rotatable bonds is 5. The molecule has 0 radical (unpaired) electrons. The lowest BCUT2D eigenvalue weighted by atomic mass is 10.1. The highest BCUT2D eigenvalue weighted by molar-refractivity contribution is 5.94. The molecule has 11 heteroatoms. The maximum absolute atomic E-state index is 13.1. The van der Waals surface area contributed by atoms with E-state index in [4.69, 9.17) is 0 Å². The van der Waals surface area contributed by atoms with Crippen LogP contribution in [0.3, 0.4) is 0 Å². The van der Waals surface area contributed by atoms with E-state index in [1.54, 1.807) is 17.0 Å². The van der Waals surface area contributed by atoms with E-state index in [1.165, 1.54) is 12.1 Å². The Kier molecular flexibility index (Phi) is 5.57. The molecule has 1 fully saturated rings. The molecule has 0 atom stereocenters. The molecule has 0 spiro atoms. The molecule has 152 valence electrons. The summed E-state index contributed by atoms with van der Waals surface area (Å²) < 4.78 is 17.6. The van der Waals surface area contributed by atoms with Crippen LogP contribution in [-0.2, 0) is 4.74 Å². The Morgan fingerprint density at radius 2 is 1.45 bits per heavy atom. The third-order valence-corrected chi connectivity index (χ3v) is 4.67. The fraction of sp³-hybridized carbons (Fsp3) is 0.278. The quantitative estimate of drug-likeness (QED) is 0.424. The lowest BCUT2D eigenvalue weighted by Crippen LogP contribution is -2.47. The van der Waals surface area contributed by atoms with Crippen molar-refractivity contribution >= 4 is 28.7 Å². The molecule has 0 aromatic heterocycles. The second kappa shape index (κ2) is 8.09. The standard InChI is InChI=1S/C18H17FN4O6/c1-29-18(24)12-10-15(22(25)26)17(16(11-12)23(27)28)21-8-6-20(7-9-21)14-4-2-13(19)3-5-14/h2-5,10-11H,6-9H2,1H3. The van der Waals surface area contributed by atoms with Gasteiger partial charge in [0, 0.05) is 44.0 Å². The molecule has 29 heavy (non-hydrogen) atoms.